The average Bonchev–Trinajstić information content (AvgIpc) is 2.68. The van der Waals surface area contributed by atoms with Crippen LogP contribution in [0, 0.1) is 0 Å². The first-order chi connectivity index (χ1) is 8.71. The van der Waals surface area contributed by atoms with E-state index < -0.39 is 0 Å². The quantitative estimate of drug-likeness (QED) is 0.881. The maximum Gasteiger partial charge on any atom is 0.297 e. The third kappa shape index (κ3) is 2.10. The zero-order valence-electron chi connectivity index (χ0n) is 10.9. The lowest BCUT2D eigenvalue weighted by Gasteiger charge is -2.15. The van der Waals surface area contributed by atoms with Crippen molar-refractivity contribution in [2.75, 3.05) is 6.61 Å². The molecule has 2 aromatic heterocycles. The van der Waals surface area contributed by atoms with Gasteiger partial charge in [-0.15, -0.1) is 0 Å². The third-order valence-electron chi connectivity index (χ3n) is 2.96. The minimum absolute atomic E-state index is 0.0349. The van der Waals surface area contributed by atoms with Crippen LogP contribution in [0.15, 0.2) is 6.20 Å². The molecule has 6 heteroatoms. The number of aromatic hydroxyl groups is 1. The number of ether oxygens (including phenoxy) is 1. The predicted octanol–water partition coefficient (Wildman–Crippen LogP) is 2.29. The second-order valence-electron chi connectivity index (χ2n) is 4.04. The topological polar surface area (TPSA) is 73.1 Å². The molecule has 0 aromatic carbocycles. The van der Waals surface area contributed by atoms with Crippen molar-refractivity contribution in [3.8, 4) is 11.9 Å². The summed E-state index contributed by atoms with van der Waals surface area (Å²) in [4.78, 5) is 12.5. The van der Waals surface area contributed by atoms with Gasteiger partial charge in [0, 0.05) is 6.04 Å². The van der Waals surface area contributed by atoms with Gasteiger partial charge in [-0.05, 0) is 19.8 Å². The lowest BCUT2D eigenvalue weighted by molar-refractivity contribution is 0.326. The molecule has 0 fully saturated rings. The van der Waals surface area contributed by atoms with E-state index in [1.165, 1.54) is 0 Å². The molecular formula is C12H18N4O2. The zero-order chi connectivity index (χ0) is 13.1. The van der Waals surface area contributed by atoms with Gasteiger partial charge in [-0.25, -0.2) is 4.98 Å². The summed E-state index contributed by atoms with van der Waals surface area (Å²) in [5, 5.41) is 9.92. The number of hydrogen-bond acceptors (Lipinski definition) is 5. The molecule has 0 bridgehead atoms. The van der Waals surface area contributed by atoms with Crippen LogP contribution in [-0.4, -0.2) is 31.2 Å². The van der Waals surface area contributed by atoms with Gasteiger partial charge in [0.25, 0.3) is 6.01 Å². The number of rotatable bonds is 5. The Hall–Kier alpha value is -1.85. The van der Waals surface area contributed by atoms with E-state index in [1.54, 1.807) is 10.8 Å². The Bertz CT molecular complexity index is 534. The van der Waals surface area contributed by atoms with E-state index >= 15 is 0 Å². The summed E-state index contributed by atoms with van der Waals surface area (Å²) in [5.74, 6) is 0.430. The lowest BCUT2D eigenvalue weighted by atomic mass is 10.2. The van der Waals surface area contributed by atoms with E-state index in [9.17, 15) is 5.11 Å². The van der Waals surface area contributed by atoms with E-state index in [0.717, 1.165) is 12.8 Å². The van der Waals surface area contributed by atoms with Gasteiger partial charge in [0.1, 0.15) is 0 Å². The van der Waals surface area contributed by atoms with Gasteiger partial charge in [0.15, 0.2) is 5.65 Å². The molecule has 0 aliphatic carbocycles. The normalized spacial score (nSPS) is 11.3. The number of aromatic nitrogens is 4. The van der Waals surface area contributed by atoms with Gasteiger partial charge >= 0.3 is 0 Å². The van der Waals surface area contributed by atoms with Gasteiger partial charge in [0.2, 0.25) is 11.5 Å². The van der Waals surface area contributed by atoms with Gasteiger partial charge in [-0.2, -0.15) is 9.97 Å². The first kappa shape index (κ1) is 12.6. The summed E-state index contributed by atoms with van der Waals surface area (Å²) in [7, 11) is 0. The Morgan fingerprint density at radius 1 is 1.28 bits per heavy atom. The van der Waals surface area contributed by atoms with Crippen molar-refractivity contribution in [3.63, 3.8) is 0 Å². The number of nitrogens with zero attached hydrogens (tertiary/aromatic N) is 4. The highest BCUT2D eigenvalue weighted by molar-refractivity contribution is 5.68. The molecule has 0 radical (unpaired) electrons. The maximum absolute atomic E-state index is 9.92. The molecule has 2 heterocycles. The molecule has 1 N–H and O–H groups in total. The van der Waals surface area contributed by atoms with Crippen LogP contribution in [0.3, 0.4) is 0 Å². The van der Waals surface area contributed by atoms with Gasteiger partial charge < -0.3 is 9.84 Å². The van der Waals surface area contributed by atoms with Crippen LogP contribution in [0.5, 0.6) is 11.9 Å². The average molecular weight is 250 g/mol. The standard InChI is InChI=1S/C12H18N4O2/c1-4-8(5-2)16-11-10(15-12(16)17)14-9(7-13-11)18-6-3/h7-8H,4-6H2,1-3H3,(H,14,15,17). The van der Waals surface area contributed by atoms with Crippen molar-refractivity contribution in [3.05, 3.63) is 6.20 Å². The number of fused-ring (bicyclic) bond motifs is 1. The Balaban J connectivity index is 2.51. The summed E-state index contributed by atoms with van der Waals surface area (Å²) in [5.41, 5.74) is 1.02. The summed E-state index contributed by atoms with van der Waals surface area (Å²) in [6.07, 6.45) is 3.38. The largest absolute Gasteiger partial charge is 0.480 e. The van der Waals surface area contributed by atoms with Crippen LogP contribution in [0.25, 0.3) is 11.3 Å². The van der Waals surface area contributed by atoms with Gasteiger partial charge in [0.05, 0.1) is 12.8 Å². The molecule has 0 spiro atoms. The third-order valence-corrected chi connectivity index (χ3v) is 2.96. The van der Waals surface area contributed by atoms with E-state index in [4.69, 9.17) is 4.74 Å². The van der Waals surface area contributed by atoms with Crippen molar-refractivity contribution in [2.45, 2.75) is 39.7 Å². The fourth-order valence-electron chi connectivity index (χ4n) is 2.05. The van der Waals surface area contributed by atoms with Crippen molar-refractivity contribution in [1.82, 2.24) is 19.5 Å². The molecule has 0 amide bonds. The Morgan fingerprint density at radius 3 is 2.61 bits per heavy atom. The Labute approximate surface area is 106 Å². The van der Waals surface area contributed by atoms with Crippen molar-refractivity contribution >= 4 is 11.3 Å². The van der Waals surface area contributed by atoms with Crippen molar-refractivity contribution < 1.29 is 9.84 Å². The van der Waals surface area contributed by atoms with Crippen molar-refractivity contribution in [1.29, 1.82) is 0 Å². The smallest absolute Gasteiger partial charge is 0.297 e. The fraction of sp³-hybridized carbons (Fsp3) is 0.583. The molecule has 18 heavy (non-hydrogen) atoms. The molecule has 0 aliphatic rings. The maximum atomic E-state index is 9.92. The van der Waals surface area contributed by atoms with Crippen LogP contribution in [0.1, 0.15) is 39.7 Å². The minimum Gasteiger partial charge on any atom is -0.480 e. The van der Waals surface area contributed by atoms with E-state index in [1.807, 2.05) is 6.92 Å². The number of imidazole rings is 1. The second-order valence-corrected chi connectivity index (χ2v) is 4.04. The van der Waals surface area contributed by atoms with Crippen LogP contribution in [0.4, 0.5) is 0 Å². The second kappa shape index (κ2) is 5.20. The molecule has 98 valence electrons. The monoisotopic (exact) mass is 250 g/mol. The highest BCUT2D eigenvalue weighted by atomic mass is 16.5. The molecular weight excluding hydrogens is 232 g/mol. The molecule has 0 saturated heterocycles. The first-order valence-electron chi connectivity index (χ1n) is 6.27. The zero-order valence-corrected chi connectivity index (χ0v) is 10.9. The van der Waals surface area contributed by atoms with Gasteiger partial charge in [-0.1, -0.05) is 13.8 Å². The SMILES string of the molecule is CCOc1cnc2c(n1)nc(O)n2C(CC)CC. The van der Waals surface area contributed by atoms with Crippen LogP contribution in [0.2, 0.25) is 0 Å². The van der Waals surface area contributed by atoms with Gasteiger partial charge in [-0.3, -0.25) is 4.57 Å². The highest BCUT2D eigenvalue weighted by Gasteiger charge is 2.18. The lowest BCUT2D eigenvalue weighted by Crippen LogP contribution is -2.07. The number of hydrogen-bond donors (Lipinski definition) is 1. The summed E-state index contributed by atoms with van der Waals surface area (Å²) < 4.78 is 7.01. The summed E-state index contributed by atoms with van der Waals surface area (Å²) in [6.45, 7) is 6.55. The van der Waals surface area contributed by atoms with Crippen LogP contribution >= 0.6 is 0 Å². The molecule has 2 rings (SSSR count). The first-order valence-corrected chi connectivity index (χ1v) is 6.27. The fourth-order valence-corrected chi connectivity index (χ4v) is 2.05. The highest BCUT2D eigenvalue weighted by Crippen LogP contribution is 2.27. The predicted molar refractivity (Wildman–Crippen MR) is 67.8 cm³/mol. The molecule has 0 saturated carbocycles. The Morgan fingerprint density at radius 2 is 2.00 bits per heavy atom. The molecule has 0 atom stereocenters. The summed E-state index contributed by atoms with van der Waals surface area (Å²) in [6, 6.07) is 0.148. The van der Waals surface area contributed by atoms with E-state index in [2.05, 4.69) is 28.8 Å². The van der Waals surface area contributed by atoms with Crippen molar-refractivity contribution in [2.24, 2.45) is 0 Å². The molecule has 2 aromatic rings. The minimum atomic E-state index is -0.0349. The van der Waals surface area contributed by atoms with Crippen LogP contribution in [-0.2, 0) is 0 Å². The molecule has 6 nitrogen and oxygen atoms in total. The van der Waals surface area contributed by atoms with E-state index in [0.29, 0.717) is 23.8 Å². The molecule has 0 aliphatic heterocycles. The molecule has 0 unspecified atom stereocenters. The Kier molecular flexibility index (Phi) is 3.64. The van der Waals surface area contributed by atoms with Crippen LogP contribution < -0.4 is 4.74 Å². The van der Waals surface area contributed by atoms with E-state index in [-0.39, 0.29) is 12.1 Å². The summed E-state index contributed by atoms with van der Waals surface area (Å²) >= 11 is 0.